The van der Waals surface area contributed by atoms with Crippen LogP contribution < -0.4 is 10.1 Å². The molecule has 6 heteroatoms. The minimum absolute atomic E-state index is 0.213. The van der Waals surface area contributed by atoms with Gasteiger partial charge in [0.25, 0.3) is 5.91 Å². The number of aryl methyl sites for hydroxylation is 2. The van der Waals surface area contributed by atoms with Crippen molar-refractivity contribution >= 4 is 29.2 Å². The first-order valence-corrected chi connectivity index (χ1v) is 9.12. The molecular weight excluding hydrogens is 366 g/mol. The molecule has 0 aromatic heterocycles. The Bertz CT molecular complexity index is 864. The van der Waals surface area contributed by atoms with Crippen LogP contribution in [0.5, 0.6) is 5.75 Å². The Morgan fingerprint density at radius 1 is 1.15 bits per heavy atom. The van der Waals surface area contributed by atoms with Crippen molar-refractivity contribution in [2.45, 2.75) is 40.7 Å². The van der Waals surface area contributed by atoms with Gasteiger partial charge in [-0.15, -0.1) is 0 Å². The maximum absolute atomic E-state index is 12.5. The van der Waals surface area contributed by atoms with Gasteiger partial charge < -0.3 is 14.8 Å². The molecule has 0 aliphatic heterocycles. The number of carbonyl (C=O) groups is 2. The van der Waals surface area contributed by atoms with E-state index < -0.39 is 12.1 Å². The van der Waals surface area contributed by atoms with Crippen molar-refractivity contribution in [3.63, 3.8) is 0 Å². The standard InChI is InChI=1S/C21H24ClNO4/c1-6-26-21(25)17-8-7-16(11-18(17)22)23-20(24)15(5)27-19-10-12(2)9-13(3)14(19)4/h7-11,15H,6H2,1-5H3,(H,23,24)/t15-/m1/s1. The van der Waals surface area contributed by atoms with Gasteiger partial charge in [-0.25, -0.2) is 4.79 Å². The highest BCUT2D eigenvalue weighted by Gasteiger charge is 2.18. The zero-order valence-electron chi connectivity index (χ0n) is 16.2. The molecule has 27 heavy (non-hydrogen) atoms. The van der Waals surface area contributed by atoms with E-state index in [2.05, 4.69) is 11.4 Å². The normalized spacial score (nSPS) is 11.6. The van der Waals surface area contributed by atoms with E-state index in [-0.39, 0.29) is 23.1 Å². The van der Waals surface area contributed by atoms with Crippen LogP contribution in [0.15, 0.2) is 30.3 Å². The minimum atomic E-state index is -0.701. The summed E-state index contributed by atoms with van der Waals surface area (Å²) in [4.78, 5) is 24.2. The predicted octanol–water partition coefficient (Wildman–Crippen LogP) is 4.85. The SMILES string of the molecule is CCOC(=O)c1ccc(NC(=O)[C@@H](C)Oc2cc(C)cc(C)c2C)cc1Cl. The molecule has 0 bridgehead atoms. The molecule has 0 fully saturated rings. The summed E-state index contributed by atoms with van der Waals surface area (Å²) in [6.07, 6.45) is -0.701. The van der Waals surface area contributed by atoms with Gasteiger partial charge in [0.2, 0.25) is 0 Å². The molecule has 2 rings (SSSR count). The lowest BCUT2D eigenvalue weighted by atomic mass is 10.1. The van der Waals surface area contributed by atoms with E-state index in [1.165, 1.54) is 12.1 Å². The summed E-state index contributed by atoms with van der Waals surface area (Å²) in [6.45, 7) is 9.62. The third-order valence-electron chi connectivity index (χ3n) is 4.17. The van der Waals surface area contributed by atoms with Crippen molar-refractivity contribution in [1.29, 1.82) is 0 Å². The zero-order valence-corrected chi connectivity index (χ0v) is 16.9. The number of benzene rings is 2. The number of carbonyl (C=O) groups excluding carboxylic acids is 2. The molecule has 0 radical (unpaired) electrons. The molecule has 1 N–H and O–H groups in total. The van der Waals surface area contributed by atoms with Crippen LogP contribution in [0, 0.1) is 20.8 Å². The Morgan fingerprint density at radius 2 is 1.85 bits per heavy atom. The van der Waals surface area contributed by atoms with Crippen molar-refractivity contribution in [2.75, 3.05) is 11.9 Å². The van der Waals surface area contributed by atoms with Crippen LogP contribution in [-0.4, -0.2) is 24.6 Å². The van der Waals surface area contributed by atoms with Crippen LogP contribution in [0.1, 0.15) is 40.9 Å². The lowest BCUT2D eigenvalue weighted by Crippen LogP contribution is -2.30. The summed E-state index contributed by atoms with van der Waals surface area (Å²) in [6, 6.07) is 8.62. The van der Waals surface area contributed by atoms with Crippen LogP contribution in [0.4, 0.5) is 5.69 Å². The number of ether oxygens (including phenoxy) is 2. The summed E-state index contributed by atoms with van der Waals surface area (Å²) in [7, 11) is 0. The fourth-order valence-electron chi connectivity index (χ4n) is 2.58. The average Bonchev–Trinajstić information content (AvgIpc) is 2.59. The van der Waals surface area contributed by atoms with Gasteiger partial charge in [-0.3, -0.25) is 4.79 Å². The van der Waals surface area contributed by atoms with Gasteiger partial charge in [-0.1, -0.05) is 17.7 Å². The highest BCUT2D eigenvalue weighted by atomic mass is 35.5. The number of halogens is 1. The zero-order chi connectivity index (χ0) is 20.1. The molecule has 0 heterocycles. The molecule has 0 aliphatic carbocycles. The molecule has 2 aromatic rings. The van der Waals surface area contributed by atoms with Crippen molar-refractivity contribution < 1.29 is 19.1 Å². The largest absolute Gasteiger partial charge is 0.481 e. The van der Waals surface area contributed by atoms with Crippen molar-refractivity contribution in [3.8, 4) is 5.75 Å². The third-order valence-corrected chi connectivity index (χ3v) is 4.48. The smallest absolute Gasteiger partial charge is 0.339 e. The molecule has 0 aliphatic rings. The van der Waals surface area contributed by atoms with E-state index in [1.54, 1.807) is 19.9 Å². The van der Waals surface area contributed by atoms with Crippen molar-refractivity contribution in [2.24, 2.45) is 0 Å². The number of anilines is 1. The van der Waals surface area contributed by atoms with E-state index in [1.807, 2.05) is 26.8 Å². The molecule has 0 spiro atoms. The topological polar surface area (TPSA) is 64.6 Å². The van der Waals surface area contributed by atoms with Crippen molar-refractivity contribution in [1.82, 2.24) is 0 Å². The molecule has 2 aromatic carbocycles. The molecular formula is C21H24ClNO4. The molecule has 144 valence electrons. The fourth-order valence-corrected chi connectivity index (χ4v) is 2.84. The second-order valence-electron chi connectivity index (χ2n) is 6.37. The average molecular weight is 390 g/mol. The van der Waals surface area contributed by atoms with Gasteiger partial charge in [-0.2, -0.15) is 0 Å². The third kappa shape index (κ3) is 5.23. The Labute approximate surface area is 164 Å². The van der Waals surface area contributed by atoms with Crippen LogP contribution in [0.2, 0.25) is 5.02 Å². The number of esters is 1. The monoisotopic (exact) mass is 389 g/mol. The van der Waals surface area contributed by atoms with E-state index in [9.17, 15) is 9.59 Å². The van der Waals surface area contributed by atoms with E-state index in [0.29, 0.717) is 11.4 Å². The Morgan fingerprint density at radius 3 is 2.48 bits per heavy atom. The molecule has 5 nitrogen and oxygen atoms in total. The molecule has 0 saturated heterocycles. The van der Waals surface area contributed by atoms with Crippen molar-refractivity contribution in [3.05, 3.63) is 57.6 Å². The highest BCUT2D eigenvalue weighted by molar-refractivity contribution is 6.34. The molecule has 0 unspecified atom stereocenters. The maximum atomic E-state index is 12.5. The van der Waals surface area contributed by atoms with Gasteiger partial charge in [0.05, 0.1) is 17.2 Å². The predicted molar refractivity (Wildman–Crippen MR) is 107 cm³/mol. The summed E-state index contributed by atoms with van der Waals surface area (Å²) >= 11 is 6.13. The second kappa shape index (κ2) is 8.91. The van der Waals surface area contributed by atoms with Gasteiger partial charge in [0.15, 0.2) is 6.10 Å². The molecule has 1 amide bonds. The quantitative estimate of drug-likeness (QED) is 0.717. The molecule has 0 saturated carbocycles. The summed E-state index contributed by atoms with van der Waals surface area (Å²) in [5.74, 6) is -0.123. The Balaban J connectivity index is 2.08. The summed E-state index contributed by atoms with van der Waals surface area (Å²) in [5, 5.41) is 2.96. The highest BCUT2D eigenvalue weighted by Crippen LogP contribution is 2.25. The lowest BCUT2D eigenvalue weighted by molar-refractivity contribution is -0.122. The van der Waals surface area contributed by atoms with E-state index in [4.69, 9.17) is 21.1 Å². The van der Waals surface area contributed by atoms with Crippen LogP contribution in [0.25, 0.3) is 0 Å². The Hall–Kier alpha value is -2.53. The van der Waals surface area contributed by atoms with Gasteiger partial charge in [0.1, 0.15) is 5.75 Å². The first-order chi connectivity index (χ1) is 12.7. The number of rotatable bonds is 6. The fraction of sp³-hybridized carbons (Fsp3) is 0.333. The van der Waals surface area contributed by atoms with E-state index >= 15 is 0 Å². The minimum Gasteiger partial charge on any atom is -0.481 e. The van der Waals surface area contributed by atoms with Crippen LogP contribution in [-0.2, 0) is 9.53 Å². The number of nitrogens with one attached hydrogen (secondary N) is 1. The van der Waals surface area contributed by atoms with E-state index in [0.717, 1.165) is 16.7 Å². The molecule has 1 atom stereocenters. The lowest BCUT2D eigenvalue weighted by Gasteiger charge is -2.18. The number of hydrogen-bond acceptors (Lipinski definition) is 4. The second-order valence-corrected chi connectivity index (χ2v) is 6.78. The van der Waals surface area contributed by atoms with Gasteiger partial charge in [-0.05, 0) is 75.6 Å². The number of amides is 1. The van der Waals surface area contributed by atoms with Crippen LogP contribution in [0.3, 0.4) is 0 Å². The maximum Gasteiger partial charge on any atom is 0.339 e. The summed E-state index contributed by atoms with van der Waals surface area (Å²) < 4.78 is 10.8. The summed E-state index contributed by atoms with van der Waals surface area (Å²) in [5.41, 5.74) is 3.92. The van der Waals surface area contributed by atoms with Crippen LogP contribution >= 0.6 is 11.6 Å². The van der Waals surface area contributed by atoms with Gasteiger partial charge >= 0.3 is 5.97 Å². The Kier molecular flexibility index (Phi) is 6.86. The van der Waals surface area contributed by atoms with Gasteiger partial charge in [0, 0.05) is 5.69 Å². The number of hydrogen-bond donors (Lipinski definition) is 1. The first-order valence-electron chi connectivity index (χ1n) is 8.75. The first kappa shape index (κ1) is 20.8.